The first kappa shape index (κ1) is 15.0. The van der Waals surface area contributed by atoms with Crippen LogP contribution in [0.1, 0.15) is 11.3 Å². The number of aliphatic hydroxyl groups is 1. The van der Waals surface area contributed by atoms with E-state index in [4.69, 9.17) is 5.11 Å². The van der Waals surface area contributed by atoms with Crippen LogP contribution in [0.3, 0.4) is 0 Å². The normalized spacial score (nSPS) is 10.4. The number of aromatic nitrogens is 3. The van der Waals surface area contributed by atoms with Gasteiger partial charge in [0.15, 0.2) is 0 Å². The van der Waals surface area contributed by atoms with Gasteiger partial charge in [0, 0.05) is 12.7 Å². The summed E-state index contributed by atoms with van der Waals surface area (Å²) in [6.45, 7) is 0.974. The van der Waals surface area contributed by atoms with Gasteiger partial charge in [-0.15, -0.1) is 5.10 Å². The molecule has 1 aromatic carbocycles. The van der Waals surface area contributed by atoms with Crippen LogP contribution < -0.4 is 10.6 Å². The minimum Gasteiger partial charge on any atom is -0.394 e. The molecule has 0 aliphatic heterocycles. The van der Waals surface area contributed by atoms with Crippen LogP contribution in [0.15, 0.2) is 30.5 Å². The lowest BCUT2D eigenvalue weighted by molar-refractivity contribution is -0.119. The lowest BCUT2D eigenvalue weighted by atomic mass is 10.1. The molecule has 0 radical (unpaired) electrons. The summed E-state index contributed by atoms with van der Waals surface area (Å²) in [5.74, 6) is -0.0295. The number of anilines is 1. The Morgan fingerprint density at radius 3 is 2.95 bits per heavy atom. The second-order valence-corrected chi connectivity index (χ2v) is 4.56. The summed E-state index contributed by atoms with van der Waals surface area (Å²) in [4.78, 5) is 11.5. The molecule has 1 amide bonds. The Balaban J connectivity index is 2.00. The second-order valence-electron chi connectivity index (χ2n) is 4.56. The molecule has 1 aromatic heterocycles. The number of hydrogen-bond donors (Lipinski definition) is 3. The van der Waals surface area contributed by atoms with Crippen molar-refractivity contribution in [3.05, 3.63) is 41.7 Å². The van der Waals surface area contributed by atoms with Gasteiger partial charge in [0.2, 0.25) is 5.91 Å². The molecule has 3 N–H and O–H groups in total. The van der Waals surface area contributed by atoms with E-state index < -0.39 is 0 Å². The maximum atomic E-state index is 11.5. The molecule has 7 heteroatoms. The number of carbonyl (C=O) groups is 1. The molecule has 2 rings (SSSR count). The zero-order chi connectivity index (χ0) is 15.1. The van der Waals surface area contributed by atoms with Crippen LogP contribution in [-0.4, -0.2) is 39.7 Å². The molecule has 21 heavy (non-hydrogen) atoms. The highest BCUT2D eigenvalue weighted by Crippen LogP contribution is 2.16. The fourth-order valence-electron chi connectivity index (χ4n) is 1.93. The molecule has 0 unspecified atom stereocenters. The lowest BCUT2D eigenvalue weighted by Crippen LogP contribution is -2.20. The van der Waals surface area contributed by atoms with Crippen molar-refractivity contribution in [1.29, 1.82) is 0 Å². The highest BCUT2D eigenvalue weighted by molar-refractivity contribution is 5.80. The van der Waals surface area contributed by atoms with E-state index in [1.54, 1.807) is 17.9 Å². The lowest BCUT2D eigenvalue weighted by Gasteiger charge is -2.10. The number of amides is 1. The van der Waals surface area contributed by atoms with E-state index >= 15 is 0 Å². The van der Waals surface area contributed by atoms with Crippen molar-refractivity contribution in [2.24, 2.45) is 0 Å². The Kier molecular flexibility index (Phi) is 5.28. The van der Waals surface area contributed by atoms with Gasteiger partial charge in [0.25, 0.3) is 0 Å². The van der Waals surface area contributed by atoms with Crippen LogP contribution in [0.25, 0.3) is 0 Å². The first-order chi connectivity index (χ1) is 10.2. The molecule has 0 saturated carbocycles. The predicted molar refractivity (Wildman–Crippen MR) is 78.6 cm³/mol. The maximum Gasteiger partial charge on any atom is 0.224 e. The van der Waals surface area contributed by atoms with Crippen molar-refractivity contribution in [3.8, 4) is 0 Å². The van der Waals surface area contributed by atoms with Crippen LogP contribution >= 0.6 is 0 Å². The summed E-state index contributed by atoms with van der Waals surface area (Å²) in [5.41, 5.74) is 2.61. The Hall–Kier alpha value is -2.41. The van der Waals surface area contributed by atoms with Gasteiger partial charge in [0.1, 0.15) is 5.69 Å². The van der Waals surface area contributed by atoms with E-state index in [9.17, 15) is 4.79 Å². The molecule has 1 heterocycles. The summed E-state index contributed by atoms with van der Waals surface area (Å²) in [7, 11) is 1.62. The van der Waals surface area contributed by atoms with E-state index in [1.165, 1.54) is 0 Å². The Morgan fingerprint density at radius 2 is 2.19 bits per heavy atom. The minimum atomic E-state index is -0.0295. The molecule has 0 atom stereocenters. The number of carbonyl (C=O) groups excluding carboxylic acids is 1. The van der Waals surface area contributed by atoms with Crippen molar-refractivity contribution in [1.82, 2.24) is 20.3 Å². The third kappa shape index (κ3) is 4.28. The van der Waals surface area contributed by atoms with Gasteiger partial charge in [-0.1, -0.05) is 23.4 Å². The van der Waals surface area contributed by atoms with Gasteiger partial charge < -0.3 is 15.7 Å². The number of nitrogens with one attached hydrogen (secondary N) is 2. The minimum absolute atomic E-state index is 0.0295. The molecule has 7 nitrogen and oxygen atoms in total. The number of rotatable bonds is 7. The van der Waals surface area contributed by atoms with E-state index in [2.05, 4.69) is 20.9 Å². The molecule has 0 saturated heterocycles. The number of hydrogen-bond acceptors (Lipinski definition) is 5. The monoisotopic (exact) mass is 289 g/mol. The number of aliphatic hydroxyl groups excluding tert-OH is 1. The van der Waals surface area contributed by atoms with Crippen LogP contribution in [0.4, 0.5) is 5.69 Å². The summed E-state index contributed by atoms with van der Waals surface area (Å²) < 4.78 is 1.59. The van der Waals surface area contributed by atoms with Gasteiger partial charge in [-0.25, -0.2) is 4.68 Å². The smallest absolute Gasteiger partial charge is 0.224 e. The van der Waals surface area contributed by atoms with Crippen molar-refractivity contribution in [2.75, 3.05) is 19.0 Å². The SMILES string of the molecule is CNC(=O)Cc1ccccc1NCc1cn(CCO)nn1. The summed E-state index contributed by atoms with van der Waals surface area (Å²) in [6, 6.07) is 7.66. The van der Waals surface area contributed by atoms with E-state index in [0.29, 0.717) is 19.5 Å². The van der Waals surface area contributed by atoms with E-state index in [-0.39, 0.29) is 12.5 Å². The average molecular weight is 289 g/mol. The third-order valence-electron chi connectivity index (χ3n) is 3.02. The summed E-state index contributed by atoms with van der Waals surface area (Å²) in [5, 5.41) is 22.6. The van der Waals surface area contributed by atoms with Gasteiger partial charge >= 0.3 is 0 Å². The highest BCUT2D eigenvalue weighted by Gasteiger charge is 2.07. The van der Waals surface area contributed by atoms with Crippen molar-refractivity contribution < 1.29 is 9.90 Å². The fourth-order valence-corrected chi connectivity index (χ4v) is 1.93. The topological polar surface area (TPSA) is 92.1 Å². The standard InChI is InChI=1S/C14H19N5O2/c1-15-14(21)8-11-4-2-3-5-13(11)16-9-12-10-19(6-7-20)18-17-12/h2-5,10,16,20H,6-9H2,1H3,(H,15,21). The van der Waals surface area contributed by atoms with Gasteiger partial charge in [-0.2, -0.15) is 0 Å². The summed E-state index contributed by atoms with van der Waals surface area (Å²) >= 11 is 0. The Bertz CT molecular complexity index is 597. The average Bonchev–Trinajstić information content (AvgIpc) is 2.94. The van der Waals surface area contributed by atoms with Crippen LogP contribution in [0.2, 0.25) is 0 Å². The number of benzene rings is 1. The van der Waals surface area contributed by atoms with E-state index in [0.717, 1.165) is 16.9 Å². The number of nitrogens with zero attached hydrogens (tertiary/aromatic N) is 3. The zero-order valence-corrected chi connectivity index (χ0v) is 11.9. The highest BCUT2D eigenvalue weighted by atomic mass is 16.3. The van der Waals surface area contributed by atoms with Crippen molar-refractivity contribution in [2.45, 2.75) is 19.5 Å². The molecular weight excluding hydrogens is 270 g/mol. The second kappa shape index (κ2) is 7.39. The fraction of sp³-hybridized carbons (Fsp3) is 0.357. The van der Waals surface area contributed by atoms with Crippen molar-refractivity contribution in [3.63, 3.8) is 0 Å². The molecule has 112 valence electrons. The third-order valence-corrected chi connectivity index (χ3v) is 3.02. The van der Waals surface area contributed by atoms with Gasteiger partial charge in [-0.05, 0) is 11.6 Å². The van der Waals surface area contributed by atoms with E-state index in [1.807, 2.05) is 24.3 Å². The number of para-hydroxylation sites is 1. The molecule has 0 aliphatic rings. The molecular formula is C14H19N5O2. The van der Waals surface area contributed by atoms with Crippen molar-refractivity contribution >= 4 is 11.6 Å². The van der Waals surface area contributed by atoms with Gasteiger partial charge in [-0.3, -0.25) is 4.79 Å². The van der Waals surface area contributed by atoms with Gasteiger partial charge in [0.05, 0.1) is 32.3 Å². The van der Waals surface area contributed by atoms with Crippen LogP contribution in [-0.2, 0) is 24.3 Å². The first-order valence-electron chi connectivity index (χ1n) is 6.75. The molecule has 0 bridgehead atoms. The largest absolute Gasteiger partial charge is 0.394 e. The summed E-state index contributed by atoms with van der Waals surface area (Å²) in [6.07, 6.45) is 2.11. The molecule has 2 aromatic rings. The Morgan fingerprint density at radius 1 is 1.38 bits per heavy atom. The number of likely N-dealkylation sites (N-methyl/N-ethyl adjacent to an activating group) is 1. The quantitative estimate of drug-likeness (QED) is 0.676. The molecule has 0 fully saturated rings. The zero-order valence-electron chi connectivity index (χ0n) is 11.9. The molecule has 0 spiro atoms. The Labute approximate surface area is 123 Å². The van der Waals surface area contributed by atoms with Crippen LogP contribution in [0.5, 0.6) is 0 Å². The first-order valence-corrected chi connectivity index (χ1v) is 6.75. The maximum absolute atomic E-state index is 11.5. The predicted octanol–water partition coefficient (Wildman–Crippen LogP) is 0.171. The molecule has 0 aliphatic carbocycles. The van der Waals surface area contributed by atoms with Crippen LogP contribution in [0, 0.1) is 0 Å².